The van der Waals surface area contributed by atoms with Gasteiger partial charge >= 0.3 is 0 Å². The molecule has 0 aromatic rings. The van der Waals surface area contributed by atoms with Gasteiger partial charge in [-0.2, -0.15) is 0 Å². The fourth-order valence-corrected chi connectivity index (χ4v) is 7.58. The summed E-state index contributed by atoms with van der Waals surface area (Å²) in [7, 11) is 0. The van der Waals surface area contributed by atoms with Gasteiger partial charge < -0.3 is 65.1 Å². The molecule has 2 aliphatic rings. The van der Waals surface area contributed by atoms with Crippen molar-refractivity contribution in [3.63, 3.8) is 0 Å². The number of carbonyl (C=O) groups excluding carboxylic acids is 1. The maximum absolute atomic E-state index is 13.1. The van der Waals surface area contributed by atoms with Gasteiger partial charge in [0.05, 0.1) is 32.0 Å². The molecule has 0 saturated carbocycles. The molecule has 2 aliphatic heterocycles. The van der Waals surface area contributed by atoms with Gasteiger partial charge in [0.25, 0.3) is 0 Å². The Kier molecular flexibility index (Phi) is 31.4. The third-order valence-electron chi connectivity index (χ3n) is 11.5. The highest BCUT2D eigenvalue weighted by Crippen LogP contribution is 2.30. The quantitative estimate of drug-likeness (QED) is 0.0297. The molecule has 0 radical (unpaired) electrons. The minimum absolute atomic E-state index is 0.257. The van der Waals surface area contributed by atoms with Crippen LogP contribution in [0.2, 0.25) is 0 Å². The van der Waals surface area contributed by atoms with Crippen molar-refractivity contribution in [3.8, 4) is 0 Å². The molecule has 2 saturated heterocycles. The van der Waals surface area contributed by atoms with E-state index in [0.717, 1.165) is 44.9 Å². The smallest absolute Gasteiger partial charge is 0.220 e. The lowest BCUT2D eigenvalue weighted by molar-refractivity contribution is -0.359. The van der Waals surface area contributed by atoms with Crippen molar-refractivity contribution < 1.29 is 64.6 Å². The number of amides is 1. The Morgan fingerprint density at radius 1 is 0.574 bits per heavy atom. The molecule has 0 aromatic heterocycles. The summed E-state index contributed by atoms with van der Waals surface area (Å²) >= 11 is 0. The van der Waals surface area contributed by atoms with Crippen molar-refractivity contribution in [2.75, 3.05) is 19.8 Å². The van der Waals surface area contributed by atoms with Crippen LogP contribution in [-0.2, 0) is 23.7 Å². The van der Waals surface area contributed by atoms with Gasteiger partial charge in [0.15, 0.2) is 12.6 Å². The van der Waals surface area contributed by atoms with Crippen LogP contribution in [0.4, 0.5) is 0 Å². The van der Waals surface area contributed by atoms with Crippen molar-refractivity contribution >= 4 is 5.91 Å². The number of hydrogen-bond acceptors (Lipinski definition) is 13. The molecule has 12 atom stereocenters. The molecule has 0 aliphatic carbocycles. The molecular weight excluding hydrogens is 787 g/mol. The maximum Gasteiger partial charge on any atom is 0.220 e. The van der Waals surface area contributed by atoms with E-state index in [0.29, 0.717) is 12.8 Å². The van der Waals surface area contributed by atoms with E-state index in [9.17, 15) is 45.6 Å². The maximum atomic E-state index is 13.1. The molecule has 2 rings (SSSR count). The molecule has 0 spiro atoms. The molecule has 0 aromatic carbocycles. The summed E-state index contributed by atoms with van der Waals surface area (Å²) in [5, 5.41) is 86.3. The Hall–Kier alpha value is -1.79. The van der Waals surface area contributed by atoms with Gasteiger partial charge in [-0.3, -0.25) is 4.79 Å². The van der Waals surface area contributed by atoms with Gasteiger partial charge in [-0.1, -0.05) is 140 Å². The summed E-state index contributed by atoms with van der Waals surface area (Å²) in [6, 6.07) is -0.928. The average molecular weight is 872 g/mol. The average Bonchev–Trinajstić information content (AvgIpc) is 3.26. The second-order valence-corrected chi connectivity index (χ2v) is 16.9. The van der Waals surface area contributed by atoms with Crippen molar-refractivity contribution in [2.24, 2.45) is 0 Å². The van der Waals surface area contributed by atoms with E-state index in [1.54, 1.807) is 6.08 Å². The molecule has 2 heterocycles. The summed E-state index contributed by atoms with van der Waals surface area (Å²) in [4.78, 5) is 13.1. The predicted molar refractivity (Wildman–Crippen MR) is 235 cm³/mol. The van der Waals surface area contributed by atoms with Crippen LogP contribution in [-0.4, -0.2) is 140 Å². The van der Waals surface area contributed by atoms with E-state index in [2.05, 4.69) is 43.5 Å². The Morgan fingerprint density at radius 2 is 1.07 bits per heavy atom. The number of hydrogen-bond donors (Lipinski definition) is 9. The zero-order valence-corrected chi connectivity index (χ0v) is 37.4. The zero-order chi connectivity index (χ0) is 44.7. The summed E-state index contributed by atoms with van der Waals surface area (Å²) in [6.45, 7) is 2.66. The van der Waals surface area contributed by atoms with E-state index in [4.69, 9.17) is 18.9 Å². The van der Waals surface area contributed by atoms with Crippen molar-refractivity contribution in [3.05, 3.63) is 36.5 Å². The minimum atomic E-state index is -1.79. The van der Waals surface area contributed by atoms with E-state index in [-0.39, 0.29) is 18.9 Å². The molecule has 14 heteroatoms. The van der Waals surface area contributed by atoms with E-state index in [1.807, 2.05) is 6.08 Å². The number of ether oxygens (including phenoxy) is 4. The molecule has 1 amide bonds. The highest BCUT2D eigenvalue weighted by atomic mass is 16.7. The summed E-state index contributed by atoms with van der Waals surface area (Å²) in [6.07, 6.45) is 20.8. The molecular formula is C47H85NO13. The van der Waals surface area contributed by atoms with Gasteiger partial charge in [0, 0.05) is 6.42 Å². The van der Waals surface area contributed by atoms with Crippen molar-refractivity contribution in [1.29, 1.82) is 0 Å². The molecule has 2 fully saturated rings. The minimum Gasteiger partial charge on any atom is -0.394 e. The van der Waals surface area contributed by atoms with Crippen LogP contribution in [0, 0.1) is 0 Å². The molecule has 61 heavy (non-hydrogen) atoms. The largest absolute Gasteiger partial charge is 0.394 e. The predicted octanol–water partition coefficient (Wildman–Crippen LogP) is 5.15. The van der Waals surface area contributed by atoms with Gasteiger partial charge in [-0.05, 0) is 51.4 Å². The summed E-state index contributed by atoms with van der Waals surface area (Å²) in [5.74, 6) is -0.257. The van der Waals surface area contributed by atoms with Crippen LogP contribution in [0.1, 0.15) is 162 Å². The van der Waals surface area contributed by atoms with Crippen LogP contribution >= 0.6 is 0 Å². The lowest BCUT2D eigenvalue weighted by Crippen LogP contribution is -2.65. The standard InChI is InChI=1S/C47H85NO13/c1-3-5-7-9-11-13-14-15-16-17-18-19-20-21-22-23-25-27-29-31-39(52)48-35(36(51)30-28-26-24-12-10-8-6-4-2)34-58-46-44(57)42(55)45(38(33-50)60-46)61-47-43(56)41(54)40(53)37(32-49)59-47/h10,12,15-16,28,30,35-38,40-47,49-51,53-57H,3-9,11,13-14,17-27,29,31-34H2,1-2H3,(H,48,52)/b12-10+,16-15-,30-28+. The topological polar surface area (TPSA) is 228 Å². The Bertz CT molecular complexity index is 1170. The van der Waals surface area contributed by atoms with E-state index in [1.165, 1.54) is 83.5 Å². The van der Waals surface area contributed by atoms with Gasteiger partial charge in [0.2, 0.25) is 5.91 Å². The highest BCUT2D eigenvalue weighted by Gasteiger charge is 2.50. The number of rotatable bonds is 35. The first-order valence-electron chi connectivity index (χ1n) is 23.7. The third kappa shape index (κ3) is 22.6. The van der Waals surface area contributed by atoms with Crippen LogP contribution < -0.4 is 5.32 Å². The second-order valence-electron chi connectivity index (χ2n) is 16.9. The summed E-state index contributed by atoms with van der Waals surface area (Å²) < 4.78 is 22.6. The van der Waals surface area contributed by atoms with Gasteiger partial charge in [-0.15, -0.1) is 0 Å². The number of allylic oxidation sites excluding steroid dienone is 5. The lowest BCUT2D eigenvalue weighted by atomic mass is 9.97. The first-order chi connectivity index (χ1) is 29.6. The van der Waals surface area contributed by atoms with Crippen molar-refractivity contribution in [1.82, 2.24) is 5.32 Å². The first kappa shape index (κ1) is 55.3. The molecule has 0 bridgehead atoms. The van der Waals surface area contributed by atoms with Gasteiger partial charge in [-0.25, -0.2) is 0 Å². The van der Waals surface area contributed by atoms with Gasteiger partial charge in [0.1, 0.15) is 48.8 Å². The Morgan fingerprint density at radius 3 is 1.66 bits per heavy atom. The second kappa shape index (κ2) is 34.6. The number of carbonyl (C=O) groups is 1. The number of aliphatic hydroxyl groups excluding tert-OH is 8. The van der Waals surface area contributed by atoms with Crippen LogP contribution in [0.15, 0.2) is 36.5 Å². The normalized spacial score (nSPS) is 28.3. The molecule has 12 unspecified atom stereocenters. The SMILES string of the molecule is CCCC/C=C/CC/C=C/C(O)C(COC1OC(CO)C(OC2OC(CO)C(O)C(O)C2O)C(O)C1O)NC(=O)CCCCCCCCCCC/C=C\CCCCCCCC. The van der Waals surface area contributed by atoms with E-state index >= 15 is 0 Å². The lowest BCUT2D eigenvalue weighted by Gasteiger charge is -2.46. The number of aliphatic hydroxyl groups is 8. The zero-order valence-electron chi connectivity index (χ0n) is 37.4. The van der Waals surface area contributed by atoms with Crippen molar-refractivity contribution in [2.45, 2.75) is 235 Å². The Balaban J connectivity index is 1.81. The fourth-order valence-electron chi connectivity index (χ4n) is 7.58. The number of unbranched alkanes of at least 4 members (excludes halogenated alkanes) is 18. The third-order valence-corrected chi connectivity index (χ3v) is 11.5. The van der Waals surface area contributed by atoms with Crippen LogP contribution in [0.3, 0.4) is 0 Å². The van der Waals surface area contributed by atoms with Crippen LogP contribution in [0.25, 0.3) is 0 Å². The fraction of sp³-hybridized carbons (Fsp3) is 0.851. The molecule has 14 nitrogen and oxygen atoms in total. The Labute approximate surface area is 366 Å². The molecule has 9 N–H and O–H groups in total. The first-order valence-corrected chi connectivity index (χ1v) is 23.7. The highest BCUT2D eigenvalue weighted by molar-refractivity contribution is 5.76. The molecule has 356 valence electrons. The monoisotopic (exact) mass is 872 g/mol. The summed E-state index contributed by atoms with van der Waals surface area (Å²) in [5.41, 5.74) is 0. The van der Waals surface area contributed by atoms with Crippen LogP contribution in [0.5, 0.6) is 0 Å². The number of nitrogens with one attached hydrogen (secondary N) is 1. The van der Waals surface area contributed by atoms with E-state index < -0.39 is 86.8 Å².